The van der Waals surface area contributed by atoms with Crippen molar-refractivity contribution in [2.45, 2.75) is 38.8 Å². The summed E-state index contributed by atoms with van der Waals surface area (Å²) >= 11 is 0. The number of fused-ring (bicyclic) bond motifs is 1. The summed E-state index contributed by atoms with van der Waals surface area (Å²) < 4.78 is 1.87. The van der Waals surface area contributed by atoms with Gasteiger partial charge in [0.25, 0.3) is 0 Å². The number of rotatable bonds is 4. The number of aromatic nitrogens is 2. The fraction of sp³-hybridized carbons (Fsp3) is 0.615. The summed E-state index contributed by atoms with van der Waals surface area (Å²) in [6, 6.07) is 1.84. The highest BCUT2D eigenvalue weighted by molar-refractivity contribution is 5.77. The van der Waals surface area contributed by atoms with Gasteiger partial charge in [-0.3, -0.25) is 14.3 Å². The van der Waals surface area contributed by atoms with Crippen LogP contribution < -0.4 is 5.32 Å². The molecule has 1 aliphatic heterocycles. The van der Waals surface area contributed by atoms with Gasteiger partial charge in [0.15, 0.2) is 0 Å². The third-order valence-corrected chi connectivity index (χ3v) is 3.40. The fourth-order valence-corrected chi connectivity index (χ4v) is 2.42. The van der Waals surface area contributed by atoms with Crippen LogP contribution in [0.1, 0.15) is 37.9 Å². The van der Waals surface area contributed by atoms with Gasteiger partial charge in [0.1, 0.15) is 0 Å². The van der Waals surface area contributed by atoms with Gasteiger partial charge in [-0.1, -0.05) is 6.92 Å². The minimum Gasteiger partial charge on any atom is -0.359 e. The average molecular weight is 264 g/mol. The van der Waals surface area contributed by atoms with E-state index in [0.717, 1.165) is 12.1 Å². The number of carbonyl (C=O) groups excluding carboxylic acids is 2. The smallest absolute Gasteiger partial charge is 0.222 e. The predicted molar refractivity (Wildman–Crippen MR) is 70.3 cm³/mol. The molecule has 0 saturated carbocycles. The molecule has 6 heteroatoms. The van der Waals surface area contributed by atoms with E-state index in [1.807, 2.05) is 22.6 Å². The van der Waals surface area contributed by atoms with Gasteiger partial charge in [-0.2, -0.15) is 5.10 Å². The van der Waals surface area contributed by atoms with Gasteiger partial charge in [0.2, 0.25) is 11.8 Å². The van der Waals surface area contributed by atoms with Crippen molar-refractivity contribution in [1.82, 2.24) is 20.0 Å². The van der Waals surface area contributed by atoms with Crippen molar-refractivity contribution in [1.29, 1.82) is 0 Å². The number of nitrogens with zero attached hydrogens (tertiary/aromatic N) is 3. The molecule has 0 bridgehead atoms. The summed E-state index contributed by atoms with van der Waals surface area (Å²) in [5.41, 5.74) is 0.990. The van der Waals surface area contributed by atoms with Crippen molar-refractivity contribution in [3.63, 3.8) is 0 Å². The molecule has 2 amide bonds. The molecule has 0 saturated heterocycles. The van der Waals surface area contributed by atoms with Crippen LogP contribution in [0.2, 0.25) is 0 Å². The van der Waals surface area contributed by atoms with Crippen LogP contribution in [-0.4, -0.2) is 40.1 Å². The molecule has 0 fully saturated rings. The highest BCUT2D eigenvalue weighted by atomic mass is 16.2. The van der Waals surface area contributed by atoms with Crippen molar-refractivity contribution < 1.29 is 9.59 Å². The topological polar surface area (TPSA) is 67.2 Å². The molecule has 19 heavy (non-hydrogen) atoms. The highest BCUT2D eigenvalue weighted by Crippen LogP contribution is 2.23. The van der Waals surface area contributed by atoms with Crippen LogP contribution in [0.15, 0.2) is 12.3 Å². The molecule has 1 aliphatic rings. The van der Waals surface area contributed by atoms with Crippen LogP contribution in [0.4, 0.5) is 0 Å². The van der Waals surface area contributed by atoms with Crippen LogP contribution in [0.5, 0.6) is 0 Å². The quantitative estimate of drug-likeness (QED) is 0.870. The Hall–Kier alpha value is -1.85. The van der Waals surface area contributed by atoms with Gasteiger partial charge < -0.3 is 10.2 Å². The van der Waals surface area contributed by atoms with E-state index in [2.05, 4.69) is 10.4 Å². The van der Waals surface area contributed by atoms with E-state index < -0.39 is 0 Å². The monoisotopic (exact) mass is 264 g/mol. The molecule has 104 valence electrons. The summed E-state index contributed by atoms with van der Waals surface area (Å²) in [5.74, 6) is 0.119. The third-order valence-electron chi connectivity index (χ3n) is 3.40. The molecule has 1 unspecified atom stereocenters. The minimum atomic E-state index is -0.0699. The largest absolute Gasteiger partial charge is 0.359 e. The number of amides is 2. The van der Waals surface area contributed by atoms with E-state index >= 15 is 0 Å². The summed E-state index contributed by atoms with van der Waals surface area (Å²) in [6.07, 6.45) is 3.47. The first kappa shape index (κ1) is 13.6. The van der Waals surface area contributed by atoms with E-state index in [0.29, 0.717) is 25.9 Å². The normalized spacial score (nSPS) is 18.0. The maximum Gasteiger partial charge on any atom is 0.222 e. The van der Waals surface area contributed by atoms with E-state index in [4.69, 9.17) is 0 Å². The Morgan fingerprint density at radius 1 is 1.53 bits per heavy atom. The first-order valence-electron chi connectivity index (χ1n) is 6.66. The molecular weight excluding hydrogens is 244 g/mol. The molecule has 2 heterocycles. The number of hydrogen-bond donors (Lipinski definition) is 1. The molecule has 0 aliphatic carbocycles. The van der Waals surface area contributed by atoms with Crippen LogP contribution in [0, 0.1) is 0 Å². The molecule has 1 aromatic heterocycles. The van der Waals surface area contributed by atoms with Crippen molar-refractivity contribution in [3.05, 3.63) is 18.0 Å². The Kier molecular flexibility index (Phi) is 4.19. The Labute approximate surface area is 112 Å². The van der Waals surface area contributed by atoms with E-state index in [-0.39, 0.29) is 17.9 Å². The van der Waals surface area contributed by atoms with Crippen molar-refractivity contribution >= 4 is 11.8 Å². The Morgan fingerprint density at radius 3 is 3.00 bits per heavy atom. The zero-order chi connectivity index (χ0) is 13.8. The maximum absolute atomic E-state index is 12.0. The lowest BCUT2D eigenvalue weighted by molar-refractivity contribution is -0.134. The second kappa shape index (κ2) is 5.86. The SMILES string of the molecule is CCCC(=O)N1Cc2ccnn2C(CC(=O)NC)C1. The fourth-order valence-electron chi connectivity index (χ4n) is 2.42. The molecule has 1 N–H and O–H groups in total. The number of nitrogens with one attached hydrogen (secondary N) is 1. The summed E-state index contributed by atoms with van der Waals surface area (Å²) in [7, 11) is 1.62. The second-order valence-corrected chi connectivity index (χ2v) is 4.82. The van der Waals surface area contributed by atoms with E-state index in [9.17, 15) is 9.59 Å². The van der Waals surface area contributed by atoms with E-state index in [1.165, 1.54) is 0 Å². The molecule has 1 atom stereocenters. The lowest BCUT2D eigenvalue weighted by atomic mass is 10.1. The standard InChI is InChI=1S/C13H20N4O2/c1-3-4-13(19)16-8-10-5-6-15-17(10)11(9-16)7-12(18)14-2/h5-6,11H,3-4,7-9H2,1-2H3,(H,14,18). The lowest BCUT2D eigenvalue weighted by Gasteiger charge is -2.33. The maximum atomic E-state index is 12.0. The third kappa shape index (κ3) is 2.94. The highest BCUT2D eigenvalue weighted by Gasteiger charge is 2.29. The van der Waals surface area contributed by atoms with Crippen LogP contribution >= 0.6 is 0 Å². The zero-order valence-corrected chi connectivity index (χ0v) is 11.4. The van der Waals surface area contributed by atoms with Crippen molar-refractivity contribution in [3.8, 4) is 0 Å². The minimum absolute atomic E-state index is 0.0313. The summed E-state index contributed by atoms with van der Waals surface area (Å²) in [4.78, 5) is 25.4. The molecule has 0 spiro atoms. The predicted octanol–water partition coefficient (Wildman–Crippen LogP) is 0.703. The van der Waals surface area contributed by atoms with Gasteiger partial charge >= 0.3 is 0 Å². The Morgan fingerprint density at radius 2 is 2.32 bits per heavy atom. The van der Waals surface area contributed by atoms with Crippen molar-refractivity contribution in [2.75, 3.05) is 13.6 Å². The first-order valence-corrected chi connectivity index (χ1v) is 6.66. The van der Waals surface area contributed by atoms with Gasteiger partial charge in [-0.25, -0.2) is 0 Å². The van der Waals surface area contributed by atoms with Crippen LogP contribution in [0.25, 0.3) is 0 Å². The summed E-state index contributed by atoms with van der Waals surface area (Å²) in [5, 5.41) is 6.89. The molecular formula is C13H20N4O2. The van der Waals surface area contributed by atoms with E-state index in [1.54, 1.807) is 13.2 Å². The number of hydrogen-bond acceptors (Lipinski definition) is 3. The Balaban J connectivity index is 2.15. The Bertz CT molecular complexity index is 469. The van der Waals surface area contributed by atoms with Gasteiger partial charge in [-0.05, 0) is 12.5 Å². The van der Waals surface area contributed by atoms with Gasteiger partial charge in [-0.15, -0.1) is 0 Å². The van der Waals surface area contributed by atoms with Gasteiger partial charge in [0, 0.05) is 26.2 Å². The molecule has 2 rings (SSSR count). The molecule has 0 aromatic carbocycles. The molecule has 6 nitrogen and oxygen atoms in total. The zero-order valence-electron chi connectivity index (χ0n) is 11.4. The molecule has 1 aromatic rings. The van der Waals surface area contributed by atoms with Crippen molar-refractivity contribution in [2.24, 2.45) is 0 Å². The second-order valence-electron chi connectivity index (χ2n) is 4.82. The summed E-state index contributed by atoms with van der Waals surface area (Å²) in [6.45, 7) is 3.14. The molecule has 0 radical (unpaired) electrons. The lowest BCUT2D eigenvalue weighted by Crippen LogP contribution is -2.42. The van der Waals surface area contributed by atoms with Crippen LogP contribution in [-0.2, 0) is 16.1 Å². The first-order chi connectivity index (χ1) is 9.15. The average Bonchev–Trinajstić information content (AvgIpc) is 2.87. The van der Waals surface area contributed by atoms with Crippen LogP contribution in [0.3, 0.4) is 0 Å². The van der Waals surface area contributed by atoms with Gasteiger partial charge in [0.05, 0.1) is 24.7 Å². The number of carbonyl (C=O) groups is 2.